The van der Waals surface area contributed by atoms with Crippen LogP contribution in [0.3, 0.4) is 0 Å². The third kappa shape index (κ3) is 5.24. The molecular weight excluding hydrogens is 346 g/mol. The standard InChI is InChI=1S/C15H27N5O4S/c1-4-19(5-2)25(22,23)20-10-8-18(9-11-20)7-6-15(21)16-14-12-13(3)24-17-14/h12H,4-11H2,1-3H3,(H,16,17,21). The molecule has 2 rings (SSSR count). The van der Waals surface area contributed by atoms with Crippen molar-refractivity contribution >= 4 is 21.9 Å². The summed E-state index contributed by atoms with van der Waals surface area (Å²) in [6.45, 7) is 9.11. The van der Waals surface area contributed by atoms with Crippen LogP contribution in [0.5, 0.6) is 0 Å². The van der Waals surface area contributed by atoms with Crippen LogP contribution in [0.4, 0.5) is 5.82 Å². The smallest absolute Gasteiger partial charge is 0.282 e. The summed E-state index contributed by atoms with van der Waals surface area (Å²) in [6, 6.07) is 1.66. The molecule has 9 nitrogen and oxygen atoms in total. The fraction of sp³-hybridized carbons (Fsp3) is 0.733. The van der Waals surface area contributed by atoms with Crippen LogP contribution >= 0.6 is 0 Å². The van der Waals surface area contributed by atoms with Gasteiger partial charge in [0, 0.05) is 58.3 Å². The van der Waals surface area contributed by atoms with Gasteiger partial charge in [0.15, 0.2) is 5.82 Å². The van der Waals surface area contributed by atoms with Gasteiger partial charge in [-0.05, 0) is 6.92 Å². The molecule has 0 aliphatic carbocycles. The number of aryl methyl sites for hydroxylation is 1. The van der Waals surface area contributed by atoms with Gasteiger partial charge in [0.2, 0.25) is 5.91 Å². The van der Waals surface area contributed by atoms with Crippen LogP contribution in [0.1, 0.15) is 26.0 Å². The van der Waals surface area contributed by atoms with E-state index in [1.54, 1.807) is 13.0 Å². The second-order valence-corrected chi connectivity index (χ2v) is 7.88. The number of rotatable bonds is 8. The molecule has 1 aromatic rings. The normalized spacial score (nSPS) is 17.1. The molecule has 1 amide bonds. The number of carbonyl (C=O) groups excluding carboxylic acids is 1. The van der Waals surface area contributed by atoms with Crippen molar-refractivity contribution in [2.45, 2.75) is 27.2 Å². The Bertz CT molecular complexity index is 663. The van der Waals surface area contributed by atoms with Gasteiger partial charge in [-0.25, -0.2) is 0 Å². The van der Waals surface area contributed by atoms with Gasteiger partial charge in [0.1, 0.15) is 5.76 Å². The first-order valence-electron chi connectivity index (χ1n) is 8.57. The van der Waals surface area contributed by atoms with E-state index < -0.39 is 10.2 Å². The van der Waals surface area contributed by atoms with Crippen LogP contribution in [0.25, 0.3) is 0 Å². The Morgan fingerprint density at radius 3 is 2.44 bits per heavy atom. The van der Waals surface area contributed by atoms with E-state index in [1.165, 1.54) is 8.61 Å². The maximum Gasteiger partial charge on any atom is 0.282 e. The lowest BCUT2D eigenvalue weighted by atomic mass is 10.3. The minimum absolute atomic E-state index is 0.133. The van der Waals surface area contributed by atoms with E-state index in [-0.39, 0.29) is 5.91 Å². The highest BCUT2D eigenvalue weighted by molar-refractivity contribution is 7.86. The Balaban J connectivity index is 1.76. The highest BCUT2D eigenvalue weighted by Crippen LogP contribution is 2.13. The number of amides is 1. The SMILES string of the molecule is CCN(CC)S(=O)(=O)N1CCN(CCC(=O)Nc2cc(C)on2)CC1. The van der Waals surface area contributed by atoms with Crippen molar-refractivity contribution in [2.24, 2.45) is 0 Å². The van der Waals surface area contributed by atoms with Gasteiger partial charge in [-0.15, -0.1) is 0 Å². The lowest BCUT2D eigenvalue weighted by Gasteiger charge is -2.36. The van der Waals surface area contributed by atoms with E-state index in [9.17, 15) is 13.2 Å². The molecular formula is C15H27N5O4S. The number of nitrogens with one attached hydrogen (secondary N) is 1. The highest BCUT2D eigenvalue weighted by Gasteiger charge is 2.30. The second kappa shape index (κ2) is 8.75. The predicted octanol–water partition coefficient (Wildman–Crippen LogP) is 0.516. The summed E-state index contributed by atoms with van der Waals surface area (Å²) in [4.78, 5) is 14.0. The fourth-order valence-corrected chi connectivity index (χ4v) is 4.39. The quantitative estimate of drug-likeness (QED) is 0.713. The molecule has 1 saturated heterocycles. The molecule has 25 heavy (non-hydrogen) atoms. The third-order valence-electron chi connectivity index (χ3n) is 4.24. The zero-order valence-electron chi connectivity index (χ0n) is 15.1. The molecule has 1 aliphatic heterocycles. The molecule has 2 heterocycles. The lowest BCUT2D eigenvalue weighted by molar-refractivity contribution is -0.116. The molecule has 0 atom stereocenters. The van der Waals surface area contributed by atoms with Gasteiger partial charge in [-0.1, -0.05) is 19.0 Å². The lowest BCUT2D eigenvalue weighted by Crippen LogP contribution is -2.53. The van der Waals surface area contributed by atoms with E-state index in [4.69, 9.17) is 4.52 Å². The number of nitrogens with zero attached hydrogens (tertiary/aromatic N) is 4. The van der Waals surface area contributed by atoms with Gasteiger partial charge in [-0.3, -0.25) is 4.79 Å². The molecule has 0 aromatic carbocycles. The number of aromatic nitrogens is 1. The van der Waals surface area contributed by atoms with E-state index in [1.807, 2.05) is 13.8 Å². The average Bonchev–Trinajstić information content (AvgIpc) is 2.99. The van der Waals surface area contributed by atoms with Crippen LogP contribution in [-0.4, -0.2) is 78.8 Å². The molecule has 1 aromatic heterocycles. The van der Waals surface area contributed by atoms with Gasteiger partial charge in [0.05, 0.1) is 0 Å². The minimum atomic E-state index is -3.38. The van der Waals surface area contributed by atoms with Gasteiger partial charge < -0.3 is 14.7 Å². The Morgan fingerprint density at radius 1 is 1.28 bits per heavy atom. The first kappa shape index (κ1) is 19.8. The number of carbonyl (C=O) groups is 1. The second-order valence-electron chi connectivity index (χ2n) is 5.95. The van der Waals surface area contributed by atoms with E-state index in [0.29, 0.717) is 63.8 Å². The summed E-state index contributed by atoms with van der Waals surface area (Å²) < 4.78 is 32.8. The first-order valence-corrected chi connectivity index (χ1v) is 9.97. The zero-order chi connectivity index (χ0) is 18.4. The average molecular weight is 373 g/mol. The molecule has 1 fully saturated rings. The van der Waals surface area contributed by atoms with Gasteiger partial charge in [0.25, 0.3) is 10.2 Å². The van der Waals surface area contributed by atoms with Crippen molar-refractivity contribution < 1.29 is 17.7 Å². The van der Waals surface area contributed by atoms with Crippen LogP contribution in [0.2, 0.25) is 0 Å². The van der Waals surface area contributed by atoms with Crippen molar-refractivity contribution in [3.05, 3.63) is 11.8 Å². The van der Waals surface area contributed by atoms with Crippen LogP contribution in [0.15, 0.2) is 10.6 Å². The largest absolute Gasteiger partial charge is 0.360 e. The topological polar surface area (TPSA) is 99.0 Å². The van der Waals surface area contributed by atoms with Crippen LogP contribution in [0, 0.1) is 6.92 Å². The van der Waals surface area contributed by atoms with E-state index in [2.05, 4.69) is 15.4 Å². The minimum Gasteiger partial charge on any atom is -0.360 e. The molecule has 0 unspecified atom stereocenters. The van der Waals surface area contributed by atoms with E-state index >= 15 is 0 Å². The molecule has 10 heteroatoms. The Kier molecular flexibility index (Phi) is 6.94. The van der Waals surface area contributed by atoms with Crippen molar-refractivity contribution in [3.63, 3.8) is 0 Å². The number of hydrogen-bond acceptors (Lipinski definition) is 6. The molecule has 142 valence electrons. The molecule has 1 aliphatic rings. The monoisotopic (exact) mass is 373 g/mol. The molecule has 0 spiro atoms. The maximum atomic E-state index is 12.5. The number of anilines is 1. The summed E-state index contributed by atoms with van der Waals surface area (Å²) in [5.74, 6) is 0.921. The van der Waals surface area contributed by atoms with Crippen LogP contribution < -0.4 is 5.32 Å². The van der Waals surface area contributed by atoms with Crippen molar-refractivity contribution in [1.29, 1.82) is 0 Å². The fourth-order valence-electron chi connectivity index (χ4n) is 2.79. The predicted molar refractivity (Wildman–Crippen MR) is 94.3 cm³/mol. The Hall–Kier alpha value is -1.49. The summed E-state index contributed by atoms with van der Waals surface area (Å²) >= 11 is 0. The summed E-state index contributed by atoms with van der Waals surface area (Å²) in [5, 5.41) is 6.40. The summed E-state index contributed by atoms with van der Waals surface area (Å²) in [6.07, 6.45) is 0.328. The highest BCUT2D eigenvalue weighted by atomic mass is 32.2. The van der Waals surface area contributed by atoms with Gasteiger partial charge in [-0.2, -0.15) is 17.0 Å². The third-order valence-corrected chi connectivity index (χ3v) is 6.43. The van der Waals surface area contributed by atoms with Gasteiger partial charge >= 0.3 is 0 Å². The maximum absolute atomic E-state index is 12.5. The Labute approximate surface area is 149 Å². The summed E-state index contributed by atoms with van der Waals surface area (Å²) in [5.41, 5.74) is 0. The van der Waals surface area contributed by atoms with Crippen LogP contribution in [-0.2, 0) is 15.0 Å². The zero-order valence-corrected chi connectivity index (χ0v) is 15.9. The molecule has 1 N–H and O–H groups in total. The molecule has 0 bridgehead atoms. The molecule has 0 radical (unpaired) electrons. The first-order chi connectivity index (χ1) is 11.9. The summed E-state index contributed by atoms with van der Waals surface area (Å²) in [7, 11) is -3.38. The van der Waals surface area contributed by atoms with E-state index in [0.717, 1.165) is 0 Å². The van der Waals surface area contributed by atoms with Crippen molar-refractivity contribution in [1.82, 2.24) is 18.7 Å². The Morgan fingerprint density at radius 2 is 1.92 bits per heavy atom. The number of hydrogen-bond donors (Lipinski definition) is 1. The van der Waals surface area contributed by atoms with Crippen molar-refractivity contribution in [2.75, 3.05) is 51.1 Å². The van der Waals surface area contributed by atoms with Crippen molar-refractivity contribution in [3.8, 4) is 0 Å². The molecule has 0 saturated carbocycles. The number of piperazine rings is 1.